The smallest absolute Gasteiger partial charge is 0.137 e. The molecule has 17 heavy (non-hydrogen) atoms. The molecule has 0 radical (unpaired) electrons. The number of nitrogens with one attached hydrogen (secondary N) is 1. The van der Waals surface area contributed by atoms with Crippen LogP contribution in [0.4, 0.5) is 4.39 Å². The average molecular weight is 379 g/mol. The highest BCUT2D eigenvalue weighted by atomic mass is 79.9. The van der Waals surface area contributed by atoms with Crippen LogP contribution in [0.25, 0.3) is 0 Å². The zero-order chi connectivity index (χ0) is 12.3. The average Bonchev–Trinajstić information content (AvgIpc) is 2.70. The molecule has 0 saturated heterocycles. The van der Waals surface area contributed by atoms with Crippen LogP contribution < -0.4 is 5.32 Å². The first-order chi connectivity index (χ1) is 8.15. The van der Waals surface area contributed by atoms with Crippen LogP contribution in [0.2, 0.25) is 0 Å². The lowest BCUT2D eigenvalue weighted by Crippen LogP contribution is -2.11. The lowest BCUT2D eigenvalue weighted by atomic mass is 10.2. The van der Waals surface area contributed by atoms with Crippen LogP contribution in [-0.4, -0.2) is 0 Å². The molecule has 0 bridgehead atoms. The van der Waals surface area contributed by atoms with Gasteiger partial charge in [0, 0.05) is 27.8 Å². The highest BCUT2D eigenvalue weighted by Gasteiger charge is 2.01. The van der Waals surface area contributed by atoms with Gasteiger partial charge in [-0.25, -0.2) is 4.39 Å². The maximum atomic E-state index is 13.3. The van der Waals surface area contributed by atoms with Crippen molar-refractivity contribution in [2.24, 2.45) is 0 Å². The molecule has 1 heterocycles. The lowest BCUT2D eigenvalue weighted by Gasteiger charge is -2.04. The van der Waals surface area contributed by atoms with Crippen LogP contribution in [0.5, 0.6) is 0 Å². The summed E-state index contributed by atoms with van der Waals surface area (Å²) in [6, 6.07) is 7.26. The third-order valence-electron chi connectivity index (χ3n) is 2.23. The van der Waals surface area contributed by atoms with Crippen LogP contribution >= 0.6 is 43.2 Å². The second-order valence-electron chi connectivity index (χ2n) is 3.58. The number of halogens is 3. The number of rotatable bonds is 4. The molecule has 5 heteroatoms. The molecule has 0 saturated carbocycles. The maximum absolute atomic E-state index is 13.3. The molecular weight excluding hydrogens is 369 g/mol. The third kappa shape index (κ3) is 3.88. The maximum Gasteiger partial charge on any atom is 0.137 e. The van der Waals surface area contributed by atoms with Gasteiger partial charge in [0.2, 0.25) is 0 Å². The van der Waals surface area contributed by atoms with Crippen molar-refractivity contribution < 1.29 is 4.39 Å². The van der Waals surface area contributed by atoms with Crippen molar-refractivity contribution in [1.29, 1.82) is 0 Å². The standard InChI is InChI=1S/C12H10Br2FNS/c13-9-4-10(17-7-9)6-16-5-8-1-2-11(14)12(15)3-8/h1-4,7,16H,5-6H2. The Morgan fingerprint density at radius 3 is 2.65 bits per heavy atom. The molecule has 0 fully saturated rings. The normalized spacial score (nSPS) is 10.8. The third-order valence-corrected chi connectivity index (χ3v) is 4.57. The fourth-order valence-electron chi connectivity index (χ4n) is 1.43. The van der Waals surface area contributed by atoms with E-state index < -0.39 is 0 Å². The van der Waals surface area contributed by atoms with E-state index >= 15 is 0 Å². The van der Waals surface area contributed by atoms with Gasteiger partial charge in [-0.05, 0) is 55.6 Å². The second-order valence-corrected chi connectivity index (χ2v) is 6.35. The fourth-order valence-corrected chi connectivity index (χ4v) is 3.09. The van der Waals surface area contributed by atoms with Crippen LogP contribution in [0.15, 0.2) is 38.6 Å². The van der Waals surface area contributed by atoms with Gasteiger partial charge < -0.3 is 5.32 Å². The summed E-state index contributed by atoms with van der Waals surface area (Å²) in [5.41, 5.74) is 0.946. The molecule has 1 nitrogen and oxygen atoms in total. The Kier molecular flexibility index (Phi) is 4.73. The van der Waals surface area contributed by atoms with E-state index in [0.717, 1.165) is 16.6 Å². The fraction of sp³-hybridized carbons (Fsp3) is 0.167. The molecule has 0 unspecified atom stereocenters. The van der Waals surface area contributed by atoms with Gasteiger partial charge in [-0.3, -0.25) is 0 Å². The van der Waals surface area contributed by atoms with E-state index in [0.29, 0.717) is 11.0 Å². The molecule has 1 aromatic carbocycles. The van der Waals surface area contributed by atoms with Crippen molar-refractivity contribution in [1.82, 2.24) is 5.32 Å². The first kappa shape index (κ1) is 13.2. The Morgan fingerprint density at radius 2 is 2.00 bits per heavy atom. The van der Waals surface area contributed by atoms with Gasteiger partial charge in [-0.2, -0.15) is 0 Å². The van der Waals surface area contributed by atoms with Crippen molar-refractivity contribution in [3.05, 3.63) is 54.8 Å². The SMILES string of the molecule is Fc1cc(CNCc2cc(Br)cs2)ccc1Br. The molecule has 1 aromatic heterocycles. The van der Waals surface area contributed by atoms with E-state index in [9.17, 15) is 4.39 Å². The van der Waals surface area contributed by atoms with Crippen LogP contribution in [0.3, 0.4) is 0 Å². The summed E-state index contributed by atoms with van der Waals surface area (Å²) in [5, 5.41) is 5.34. The van der Waals surface area contributed by atoms with Gasteiger partial charge in [-0.15, -0.1) is 11.3 Å². The molecule has 0 atom stereocenters. The number of benzene rings is 1. The summed E-state index contributed by atoms with van der Waals surface area (Å²) in [6.45, 7) is 1.47. The quantitative estimate of drug-likeness (QED) is 0.812. The minimum absolute atomic E-state index is 0.219. The molecule has 0 aliphatic carbocycles. The topological polar surface area (TPSA) is 12.0 Å². The first-order valence-electron chi connectivity index (χ1n) is 5.03. The Bertz CT molecular complexity index is 513. The minimum Gasteiger partial charge on any atom is -0.308 e. The predicted molar refractivity (Wildman–Crippen MR) is 76.7 cm³/mol. The van der Waals surface area contributed by atoms with Crippen molar-refractivity contribution >= 4 is 43.2 Å². The predicted octanol–water partition coefficient (Wildman–Crippen LogP) is 4.70. The van der Waals surface area contributed by atoms with E-state index in [1.807, 2.05) is 6.07 Å². The Hall–Kier alpha value is -0.230. The molecule has 0 aliphatic heterocycles. The number of hydrogen-bond donors (Lipinski definition) is 1. The minimum atomic E-state index is -0.219. The van der Waals surface area contributed by atoms with Crippen LogP contribution in [0.1, 0.15) is 10.4 Å². The van der Waals surface area contributed by atoms with E-state index in [1.165, 1.54) is 4.88 Å². The van der Waals surface area contributed by atoms with E-state index in [1.54, 1.807) is 23.5 Å². The van der Waals surface area contributed by atoms with Gasteiger partial charge in [-0.1, -0.05) is 6.07 Å². The van der Waals surface area contributed by atoms with Crippen molar-refractivity contribution in [2.45, 2.75) is 13.1 Å². The van der Waals surface area contributed by atoms with Crippen molar-refractivity contribution in [2.75, 3.05) is 0 Å². The molecule has 0 aliphatic rings. The largest absolute Gasteiger partial charge is 0.308 e. The Labute approximate surface area is 120 Å². The molecule has 2 aromatic rings. The lowest BCUT2D eigenvalue weighted by molar-refractivity contribution is 0.614. The zero-order valence-corrected chi connectivity index (χ0v) is 12.8. The van der Waals surface area contributed by atoms with Gasteiger partial charge in [0.1, 0.15) is 5.82 Å². The summed E-state index contributed by atoms with van der Waals surface area (Å²) in [4.78, 5) is 1.26. The summed E-state index contributed by atoms with van der Waals surface area (Å²) < 4.78 is 14.9. The summed E-state index contributed by atoms with van der Waals surface area (Å²) in [7, 11) is 0. The van der Waals surface area contributed by atoms with E-state index in [2.05, 4.69) is 48.6 Å². The molecule has 0 amide bonds. The van der Waals surface area contributed by atoms with Gasteiger partial charge in [0.15, 0.2) is 0 Å². The van der Waals surface area contributed by atoms with E-state index in [-0.39, 0.29) is 5.82 Å². The Balaban J connectivity index is 1.87. The van der Waals surface area contributed by atoms with Crippen LogP contribution in [-0.2, 0) is 13.1 Å². The number of thiophene rings is 1. The highest BCUT2D eigenvalue weighted by Crippen LogP contribution is 2.20. The van der Waals surface area contributed by atoms with Crippen LogP contribution in [0, 0.1) is 5.82 Å². The highest BCUT2D eigenvalue weighted by molar-refractivity contribution is 9.10. The molecule has 0 spiro atoms. The summed E-state index contributed by atoms with van der Waals surface area (Å²) >= 11 is 8.25. The first-order valence-corrected chi connectivity index (χ1v) is 7.49. The number of hydrogen-bond acceptors (Lipinski definition) is 2. The summed E-state index contributed by atoms with van der Waals surface area (Å²) in [6.07, 6.45) is 0. The Morgan fingerprint density at radius 1 is 1.18 bits per heavy atom. The monoisotopic (exact) mass is 377 g/mol. The summed E-state index contributed by atoms with van der Waals surface area (Å²) in [5.74, 6) is -0.219. The van der Waals surface area contributed by atoms with Gasteiger partial charge >= 0.3 is 0 Å². The van der Waals surface area contributed by atoms with Crippen molar-refractivity contribution in [3.63, 3.8) is 0 Å². The second kappa shape index (κ2) is 6.09. The van der Waals surface area contributed by atoms with Gasteiger partial charge in [0.25, 0.3) is 0 Å². The molecule has 90 valence electrons. The molecule has 2 rings (SSSR count). The van der Waals surface area contributed by atoms with Gasteiger partial charge in [0.05, 0.1) is 4.47 Å². The molecular formula is C12H10Br2FNS. The molecule has 1 N–H and O–H groups in total. The van der Waals surface area contributed by atoms with E-state index in [4.69, 9.17) is 0 Å². The van der Waals surface area contributed by atoms with Crippen molar-refractivity contribution in [3.8, 4) is 0 Å². The zero-order valence-electron chi connectivity index (χ0n) is 8.84.